The summed E-state index contributed by atoms with van der Waals surface area (Å²) in [6.07, 6.45) is -4.65. The van der Waals surface area contributed by atoms with Crippen LogP contribution in [0.15, 0.2) is 0 Å². The quantitative estimate of drug-likeness (QED) is 0.777. The van der Waals surface area contributed by atoms with E-state index in [1.54, 1.807) is 13.8 Å². The fraction of sp³-hybridized carbons (Fsp3) is 0.889. The monoisotopic (exact) mass is 212 g/mol. The molecule has 0 amide bonds. The van der Waals surface area contributed by atoms with Gasteiger partial charge in [-0.25, -0.2) is 0 Å². The highest BCUT2D eigenvalue weighted by molar-refractivity contribution is 5.70. The maximum Gasteiger partial charge on any atom is 0.391 e. The number of rotatable bonds is 4. The van der Waals surface area contributed by atoms with Crippen LogP contribution < -0.4 is 0 Å². The third kappa shape index (κ3) is 3.98. The van der Waals surface area contributed by atoms with Crippen molar-refractivity contribution in [3.05, 3.63) is 0 Å². The molecule has 0 saturated heterocycles. The van der Waals surface area contributed by atoms with Gasteiger partial charge in [-0.05, 0) is 12.3 Å². The highest BCUT2D eigenvalue weighted by atomic mass is 19.4. The summed E-state index contributed by atoms with van der Waals surface area (Å²) in [4.78, 5) is 10.6. The van der Waals surface area contributed by atoms with Crippen LogP contribution in [-0.4, -0.2) is 17.3 Å². The minimum Gasteiger partial charge on any atom is -0.481 e. The minimum atomic E-state index is -4.30. The molecule has 0 aromatic heterocycles. The van der Waals surface area contributed by atoms with Crippen molar-refractivity contribution in [3.8, 4) is 0 Å². The Kier molecular flexibility index (Phi) is 4.42. The summed E-state index contributed by atoms with van der Waals surface area (Å²) in [6, 6.07) is 0. The van der Waals surface area contributed by atoms with Gasteiger partial charge in [0.05, 0.1) is 11.8 Å². The molecule has 0 aliphatic carbocycles. The molecule has 0 spiro atoms. The van der Waals surface area contributed by atoms with Gasteiger partial charge in [0.2, 0.25) is 0 Å². The Hall–Kier alpha value is -0.740. The number of carboxylic acids is 1. The lowest BCUT2D eigenvalue weighted by atomic mass is 9.87. The molecule has 0 fully saturated rings. The molecule has 0 aliphatic heterocycles. The molecule has 5 heteroatoms. The minimum absolute atomic E-state index is 0.280. The predicted molar refractivity (Wildman–Crippen MR) is 45.8 cm³/mol. The van der Waals surface area contributed by atoms with Gasteiger partial charge in [-0.3, -0.25) is 4.79 Å². The van der Waals surface area contributed by atoms with Crippen LogP contribution in [-0.2, 0) is 4.79 Å². The zero-order valence-electron chi connectivity index (χ0n) is 8.43. The van der Waals surface area contributed by atoms with Crippen LogP contribution in [0.1, 0.15) is 27.2 Å². The van der Waals surface area contributed by atoms with Crippen LogP contribution in [0.25, 0.3) is 0 Å². The highest BCUT2D eigenvalue weighted by Crippen LogP contribution is 2.32. The van der Waals surface area contributed by atoms with Gasteiger partial charge >= 0.3 is 12.1 Å². The SMILES string of the molecule is CC(C)C(CC(C)C(F)(F)F)C(=O)O. The van der Waals surface area contributed by atoms with Gasteiger partial charge in [-0.15, -0.1) is 0 Å². The molecule has 0 aromatic rings. The summed E-state index contributed by atoms with van der Waals surface area (Å²) >= 11 is 0. The summed E-state index contributed by atoms with van der Waals surface area (Å²) in [5.74, 6) is -3.92. The number of carboxylic acid groups (broad SMARTS) is 1. The second-order valence-electron chi connectivity index (χ2n) is 3.87. The van der Waals surface area contributed by atoms with E-state index in [1.807, 2.05) is 0 Å². The first-order valence-corrected chi connectivity index (χ1v) is 4.45. The fourth-order valence-electron chi connectivity index (χ4n) is 1.17. The largest absolute Gasteiger partial charge is 0.481 e. The Morgan fingerprint density at radius 3 is 1.93 bits per heavy atom. The van der Waals surface area contributed by atoms with E-state index in [9.17, 15) is 18.0 Å². The van der Waals surface area contributed by atoms with E-state index in [4.69, 9.17) is 5.11 Å². The number of alkyl halides is 3. The first-order chi connectivity index (χ1) is 6.16. The Balaban J connectivity index is 4.39. The molecule has 84 valence electrons. The van der Waals surface area contributed by atoms with Gasteiger partial charge in [0, 0.05) is 0 Å². The summed E-state index contributed by atoms with van der Waals surface area (Å²) in [5.41, 5.74) is 0. The molecule has 0 aromatic carbocycles. The molecule has 1 N–H and O–H groups in total. The predicted octanol–water partition coefficient (Wildman–Crippen LogP) is 2.93. The molecule has 0 heterocycles. The van der Waals surface area contributed by atoms with Gasteiger partial charge in [0.25, 0.3) is 0 Å². The van der Waals surface area contributed by atoms with Crippen molar-refractivity contribution in [2.24, 2.45) is 17.8 Å². The van der Waals surface area contributed by atoms with E-state index in [0.29, 0.717) is 0 Å². The molecular weight excluding hydrogens is 197 g/mol. The lowest BCUT2D eigenvalue weighted by Crippen LogP contribution is -2.28. The Morgan fingerprint density at radius 2 is 1.71 bits per heavy atom. The number of hydrogen-bond donors (Lipinski definition) is 1. The molecule has 0 radical (unpaired) electrons. The molecule has 0 bridgehead atoms. The average Bonchev–Trinajstić information content (AvgIpc) is 1.96. The van der Waals surface area contributed by atoms with Crippen molar-refractivity contribution in [1.82, 2.24) is 0 Å². The summed E-state index contributed by atoms with van der Waals surface area (Å²) in [7, 11) is 0. The Morgan fingerprint density at radius 1 is 1.29 bits per heavy atom. The molecule has 14 heavy (non-hydrogen) atoms. The number of carbonyl (C=O) groups is 1. The molecule has 2 nitrogen and oxygen atoms in total. The van der Waals surface area contributed by atoms with E-state index in [-0.39, 0.29) is 12.3 Å². The second kappa shape index (κ2) is 4.66. The van der Waals surface area contributed by atoms with E-state index in [2.05, 4.69) is 0 Å². The smallest absolute Gasteiger partial charge is 0.391 e. The fourth-order valence-corrected chi connectivity index (χ4v) is 1.17. The molecule has 0 saturated carbocycles. The zero-order valence-corrected chi connectivity index (χ0v) is 8.43. The van der Waals surface area contributed by atoms with Crippen molar-refractivity contribution >= 4 is 5.97 Å². The summed E-state index contributed by atoms with van der Waals surface area (Å²) < 4.78 is 36.4. The van der Waals surface area contributed by atoms with Crippen molar-refractivity contribution in [2.75, 3.05) is 0 Å². The zero-order chi connectivity index (χ0) is 11.5. The number of halogens is 3. The third-order valence-electron chi connectivity index (χ3n) is 2.29. The Labute approximate surface area is 81.1 Å². The van der Waals surface area contributed by atoms with Gasteiger partial charge in [-0.1, -0.05) is 20.8 Å². The van der Waals surface area contributed by atoms with E-state index in [0.717, 1.165) is 6.92 Å². The van der Waals surface area contributed by atoms with Crippen molar-refractivity contribution in [1.29, 1.82) is 0 Å². The first-order valence-electron chi connectivity index (χ1n) is 4.45. The van der Waals surface area contributed by atoms with Crippen molar-refractivity contribution in [2.45, 2.75) is 33.4 Å². The van der Waals surface area contributed by atoms with E-state index in [1.165, 1.54) is 0 Å². The topological polar surface area (TPSA) is 37.3 Å². The van der Waals surface area contributed by atoms with Crippen LogP contribution in [0.3, 0.4) is 0 Å². The Bertz CT molecular complexity index is 199. The van der Waals surface area contributed by atoms with Crippen LogP contribution in [0, 0.1) is 17.8 Å². The van der Waals surface area contributed by atoms with Crippen molar-refractivity contribution in [3.63, 3.8) is 0 Å². The summed E-state index contributed by atoms with van der Waals surface area (Å²) in [5, 5.41) is 8.69. The summed E-state index contributed by atoms with van der Waals surface area (Å²) in [6.45, 7) is 4.24. The van der Waals surface area contributed by atoms with E-state index < -0.39 is 24.0 Å². The molecule has 0 rings (SSSR count). The number of aliphatic carboxylic acids is 1. The lowest BCUT2D eigenvalue weighted by molar-refractivity contribution is -0.177. The van der Waals surface area contributed by atoms with Gasteiger partial charge in [0.1, 0.15) is 0 Å². The van der Waals surface area contributed by atoms with E-state index >= 15 is 0 Å². The van der Waals surface area contributed by atoms with Gasteiger partial charge in [0.15, 0.2) is 0 Å². The number of hydrogen-bond acceptors (Lipinski definition) is 1. The third-order valence-corrected chi connectivity index (χ3v) is 2.29. The molecule has 0 aliphatic rings. The molecular formula is C9H15F3O2. The van der Waals surface area contributed by atoms with Crippen molar-refractivity contribution < 1.29 is 23.1 Å². The maximum absolute atomic E-state index is 12.1. The second-order valence-corrected chi connectivity index (χ2v) is 3.87. The lowest BCUT2D eigenvalue weighted by Gasteiger charge is -2.22. The maximum atomic E-state index is 12.1. The van der Waals surface area contributed by atoms with Gasteiger partial charge < -0.3 is 5.11 Å². The standard InChI is InChI=1S/C9H15F3O2/c1-5(2)7(8(13)14)4-6(3)9(10,11)12/h5-7H,4H2,1-3H3,(H,13,14). The van der Waals surface area contributed by atoms with Crippen LogP contribution >= 0.6 is 0 Å². The first kappa shape index (κ1) is 13.3. The molecule has 2 atom stereocenters. The van der Waals surface area contributed by atoms with Gasteiger partial charge in [-0.2, -0.15) is 13.2 Å². The van der Waals surface area contributed by atoms with Crippen LogP contribution in [0.4, 0.5) is 13.2 Å². The highest BCUT2D eigenvalue weighted by Gasteiger charge is 2.39. The van der Waals surface area contributed by atoms with Crippen LogP contribution in [0.2, 0.25) is 0 Å². The normalized spacial score (nSPS) is 16.8. The average molecular weight is 212 g/mol. The van der Waals surface area contributed by atoms with Crippen LogP contribution in [0.5, 0.6) is 0 Å². The molecule has 2 unspecified atom stereocenters.